The SMILES string of the molecule is CC(C)CC(=O)N[C@@H](c1nc(-c2cccc([N+](=O)[O-])c2)no1)C(C)C. The second-order valence-corrected chi connectivity index (χ2v) is 6.65. The van der Waals surface area contributed by atoms with Gasteiger partial charge < -0.3 is 9.84 Å². The number of nitrogens with one attached hydrogen (secondary N) is 1. The second kappa shape index (κ2) is 7.87. The Bertz CT molecular complexity index is 755. The van der Waals surface area contributed by atoms with E-state index >= 15 is 0 Å². The fraction of sp³-hybridized carbons (Fsp3) is 0.471. The van der Waals surface area contributed by atoms with E-state index in [-0.39, 0.29) is 35.1 Å². The summed E-state index contributed by atoms with van der Waals surface area (Å²) in [5, 5.41) is 17.7. The van der Waals surface area contributed by atoms with Crippen molar-refractivity contribution in [2.45, 2.75) is 40.2 Å². The Labute approximate surface area is 145 Å². The molecule has 1 N–H and O–H groups in total. The van der Waals surface area contributed by atoms with Crippen LogP contribution in [-0.4, -0.2) is 21.0 Å². The summed E-state index contributed by atoms with van der Waals surface area (Å²) in [5.41, 5.74) is 0.440. The van der Waals surface area contributed by atoms with Crippen molar-refractivity contribution in [2.75, 3.05) is 0 Å². The Morgan fingerprint density at radius 1 is 1.32 bits per heavy atom. The summed E-state index contributed by atoms with van der Waals surface area (Å²) in [5.74, 6) is 0.755. The Morgan fingerprint density at radius 3 is 2.64 bits per heavy atom. The van der Waals surface area contributed by atoms with Crippen LogP contribution in [-0.2, 0) is 4.79 Å². The van der Waals surface area contributed by atoms with E-state index < -0.39 is 11.0 Å². The van der Waals surface area contributed by atoms with Crippen LogP contribution in [0, 0.1) is 22.0 Å². The minimum atomic E-state index is -0.479. The molecule has 0 spiro atoms. The van der Waals surface area contributed by atoms with Crippen LogP contribution in [0.25, 0.3) is 11.4 Å². The Balaban J connectivity index is 2.23. The average molecular weight is 346 g/mol. The van der Waals surface area contributed by atoms with Crippen molar-refractivity contribution in [1.82, 2.24) is 15.5 Å². The number of carbonyl (C=O) groups is 1. The summed E-state index contributed by atoms with van der Waals surface area (Å²) >= 11 is 0. The highest BCUT2D eigenvalue weighted by molar-refractivity contribution is 5.76. The van der Waals surface area contributed by atoms with Crippen LogP contribution < -0.4 is 5.32 Å². The van der Waals surface area contributed by atoms with Gasteiger partial charge in [0.25, 0.3) is 5.69 Å². The molecule has 0 aliphatic heterocycles. The number of hydrogen-bond donors (Lipinski definition) is 1. The van der Waals surface area contributed by atoms with E-state index in [1.165, 1.54) is 12.1 Å². The summed E-state index contributed by atoms with van der Waals surface area (Å²) in [4.78, 5) is 26.8. The summed E-state index contributed by atoms with van der Waals surface area (Å²) in [6, 6.07) is 5.60. The van der Waals surface area contributed by atoms with Gasteiger partial charge in [0.05, 0.1) is 4.92 Å². The Hall–Kier alpha value is -2.77. The second-order valence-electron chi connectivity index (χ2n) is 6.65. The molecule has 1 heterocycles. The predicted molar refractivity (Wildman–Crippen MR) is 91.6 cm³/mol. The molecule has 0 unspecified atom stereocenters. The van der Waals surface area contributed by atoms with Crippen LogP contribution in [0.5, 0.6) is 0 Å². The lowest BCUT2D eigenvalue weighted by Crippen LogP contribution is -2.32. The molecule has 1 aromatic carbocycles. The molecular formula is C17H22N4O4. The first-order valence-corrected chi connectivity index (χ1v) is 8.15. The first-order chi connectivity index (χ1) is 11.8. The Kier molecular flexibility index (Phi) is 5.84. The van der Waals surface area contributed by atoms with Crippen LogP contribution in [0.2, 0.25) is 0 Å². The summed E-state index contributed by atoms with van der Waals surface area (Å²) < 4.78 is 5.30. The lowest BCUT2D eigenvalue weighted by atomic mass is 10.0. The van der Waals surface area contributed by atoms with Crippen molar-refractivity contribution in [3.05, 3.63) is 40.3 Å². The van der Waals surface area contributed by atoms with Gasteiger partial charge in [-0.15, -0.1) is 0 Å². The van der Waals surface area contributed by atoms with Crippen molar-refractivity contribution in [1.29, 1.82) is 0 Å². The third-order valence-electron chi connectivity index (χ3n) is 3.60. The molecule has 1 amide bonds. The van der Waals surface area contributed by atoms with Crippen molar-refractivity contribution in [3.8, 4) is 11.4 Å². The monoisotopic (exact) mass is 346 g/mol. The number of rotatable bonds is 7. The van der Waals surface area contributed by atoms with E-state index in [1.54, 1.807) is 12.1 Å². The molecule has 8 nitrogen and oxygen atoms in total. The fourth-order valence-electron chi connectivity index (χ4n) is 2.35. The van der Waals surface area contributed by atoms with Gasteiger partial charge in [-0.25, -0.2) is 0 Å². The van der Waals surface area contributed by atoms with E-state index in [4.69, 9.17) is 4.52 Å². The molecule has 8 heteroatoms. The number of nitro benzene ring substituents is 1. The number of carbonyl (C=O) groups excluding carboxylic acids is 1. The first-order valence-electron chi connectivity index (χ1n) is 8.15. The van der Waals surface area contributed by atoms with Gasteiger partial charge >= 0.3 is 0 Å². The number of non-ortho nitro benzene ring substituents is 1. The maximum Gasteiger partial charge on any atom is 0.270 e. The van der Waals surface area contributed by atoms with Crippen LogP contribution in [0.4, 0.5) is 5.69 Å². The summed E-state index contributed by atoms with van der Waals surface area (Å²) in [6.07, 6.45) is 0.412. The highest BCUT2D eigenvalue weighted by atomic mass is 16.6. The Morgan fingerprint density at radius 2 is 2.04 bits per heavy atom. The molecule has 0 radical (unpaired) electrons. The van der Waals surface area contributed by atoms with Gasteiger partial charge in [-0.05, 0) is 11.8 Å². The lowest BCUT2D eigenvalue weighted by Gasteiger charge is -2.19. The standard InChI is InChI=1S/C17H22N4O4/c1-10(2)8-14(22)18-15(11(3)4)17-19-16(20-25-17)12-6-5-7-13(9-12)21(23)24/h5-7,9-11,15H,8H2,1-4H3,(H,18,22)/t15-/m1/s1. The number of hydrogen-bond acceptors (Lipinski definition) is 6. The smallest absolute Gasteiger partial charge is 0.270 e. The van der Waals surface area contributed by atoms with Crippen molar-refractivity contribution < 1.29 is 14.2 Å². The van der Waals surface area contributed by atoms with E-state index in [9.17, 15) is 14.9 Å². The molecule has 1 aromatic heterocycles. The summed E-state index contributed by atoms with van der Waals surface area (Å²) in [6.45, 7) is 7.82. The predicted octanol–water partition coefficient (Wildman–Crippen LogP) is 3.50. The van der Waals surface area contributed by atoms with Crippen molar-refractivity contribution >= 4 is 11.6 Å². The lowest BCUT2D eigenvalue weighted by molar-refractivity contribution is -0.384. The van der Waals surface area contributed by atoms with Crippen LogP contribution in [0.3, 0.4) is 0 Å². The van der Waals surface area contributed by atoms with Gasteiger partial charge in [-0.2, -0.15) is 4.98 Å². The highest BCUT2D eigenvalue weighted by Crippen LogP contribution is 2.25. The molecule has 0 bridgehead atoms. The van der Waals surface area contributed by atoms with Gasteiger partial charge in [0.1, 0.15) is 6.04 Å². The van der Waals surface area contributed by atoms with Gasteiger partial charge in [-0.3, -0.25) is 14.9 Å². The van der Waals surface area contributed by atoms with E-state index in [0.717, 1.165) is 0 Å². The van der Waals surface area contributed by atoms with E-state index in [0.29, 0.717) is 12.0 Å². The maximum atomic E-state index is 12.1. The molecule has 0 saturated heterocycles. The first kappa shape index (κ1) is 18.6. The zero-order valence-electron chi connectivity index (χ0n) is 14.7. The zero-order chi connectivity index (χ0) is 18.6. The number of nitrogens with zero attached hydrogens (tertiary/aromatic N) is 3. The molecule has 2 aromatic rings. The minimum Gasteiger partial charge on any atom is -0.344 e. The van der Waals surface area contributed by atoms with Crippen molar-refractivity contribution in [3.63, 3.8) is 0 Å². The molecule has 1 atom stereocenters. The third-order valence-corrected chi connectivity index (χ3v) is 3.60. The quantitative estimate of drug-likeness (QED) is 0.606. The zero-order valence-corrected chi connectivity index (χ0v) is 14.7. The van der Waals surface area contributed by atoms with Crippen LogP contribution in [0.1, 0.15) is 46.0 Å². The average Bonchev–Trinajstić information content (AvgIpc) is 3.01. The topological polar surface area (TPSA) is 111 Å². The van der Waals surface area contributed by atoms with Crippen LogP contribution in [0.15, 0.2) is 28.8 Å². The largest absolute Gasteiger partial charge is 0.344 e. The minimum absolute atomic E-state index is 0.0468. The van der Waals surface area contributed by atoms with Gasteiger partial charge in [-0.1, -0.05) is 45.0 Å². The number of benzene rings is 1. The van der Waals surface area contributed by atoms with E-state index in [2.05, 4.69) is 15.5 Å². The molecule has 0 aliphatic rings. The van der Waals surface area contributed by atoms with Gasteiger partial charge in [0, 0.05) is 24.1 Å². The molecule has 134 valence electrons. The van der Waals surface area contributed by atoms with Crippen molar-refractivity contribution in [2.24, 2.45) is 11.8 Å². The highest BCUT2D eigenvalue weighted by Gasteiger charge is 2.25. The molecular weight excluding hydrogens is 324 g/mol. The molecule has 25 heavy (non-hydrogen) atoms. The number of nitro groups is 1. The van der Waals surface area contributed by atoms with E-state index in [1.807, 2.05) is 27.7 Å². The van der Waals surface area contributed by atoms with Crippen LogP contribution >= 0.6 is 0 Å². The maximum absolute atomic E-state index is 12.1. The van der Waals surface area contributed by atoms with Gasteiger partial charge in [0.15, 0.2) is 0 Å². The third kappa shape index (κ3) is 4.85. The number of aromatic nitrogens is 2. The van der Waals surface area contributed by atoms with Gasteiger partial charge in [0.2, 0.25) is 17.6 Å². The number of amides is 1. The fourth-order valence-corrected chi connectivity index (χ4v) is 2.35. The molecule has 0 saturated carbocycles. The normalized spacial score (nSPS) is 12.4. The molecule has 0 aliphatic carbocycles. The summed E-state index contributed by atoms with van der Waals surface area (Å²) in [7, 11) is 0. The molecule has 2 rings (SSSR count). The molecule has 0 fully saturated rings.